The van der Waals surface area contributed by atoms with Crippen LogP contribution in [0.1, 0.15) is 0 Å². The van der Waals surface area contributed by atoms with Crippen LogP contribution < -0.4 is 39.9 Å². The minimum atomic E-state index is -1.53. The smallest absolute Gasteiger partial charge is 0.109 e. The van der Waals surface area contributed by atoms with E-state index in [0.29, 0.717) is 0 Å². The summed E-state index contributed by atoms with van der Waals surface area (Å²) in [5.74, 6) is 0. The van der Waals surface area contributed by atoms with Crippen LogP contribution in [-0.2, 0) is 0 Å². The van der Waals surface area contributed by atoms with Gasteiger partial charge in [-0.15, -0.1) is 0 Å². The SMILES string of the molecule is C[P+](c1ccccc1)(c1ccccc1)c1ccccc1.P.[I-]. The molecule has 114 valence electrons. The number of benzene rings is 3. The van der Waals surface area contributed by atoms with Crippen LogP contribution in [0.2, 0.25) is 0 Å². The van der Waals surface area contributed by atoms with Gasteiger partial charge in [0.1, 0.15) is 23.2 Å². The van der Waals surface area contributed by atoms with Gasteiger partial charge in [-0.05, 0) is 36.4 Å². The lowest BCUT2D eigenvalue weighted by atomic mass is 10.4. The number of rotatable bonds is 3. The Labute approximate surface area is 154 Å². The van der Waals surface area contributed by atoms with Gasteiger partial charge in [0.25, 0.3) is 0 Å². The first-order valence-electron chi connectivity index (χ1n) is 6.85. The van der Waals surface area contributed by atoms with E-state index in [2.05, 4.69) is 97.7 Å². The Morgan fingerprint density at radius 2 is 0.727 bits per heavy atom. The second kappa shape index (κ2) is 8.77. The molecule has 0 heterocycles. The first-order valence-corrected chi connectivity index (χ1v) is 9.09. The Morgan fingerprint density at radius 1 is 0.500 bits per heavy atom. The van der Waals surface area contributed by atoms with Crippen molar-refractivity contribution in [3.63, 3.8) is 0 Å². The van der Waals surface area contributed by atoms with Gasteiger partial charge in [0.05, 0.1) is 6.66 Å². The van der Waals surface area contributed by atoms with Crippen LogP contribution in [0.25, 0.3) is 0 Å². The summed E-state index contributed by atoms with van der Waals surface area (Å²) in [6, 6.07) is 32.6. The number of hydrogen-bond acceptors (Lipinski definition) is 0. The summed E-state index contributed by atoms with van der Waals surface area (Å²) >= 11 is 0. The molecule has 0 amide bonds. The number of hydrogen-bond donors (Lipinski definition) is 0. The van der Waals surface area contributed by atoms with E-state index < -0.39 is 7.26 Å². The van der Waals surface area contributed by atoms with E-state index in [-0.39, 0.29) is 33.9 Å². The molecule has 22 heavy (non-hydrogen) atoms. The van der Waals surface area contributed by atoms with Crippen LogP contribution in [0.15, 0.2) is 91.0 Å². The zero-order chi connectivity index (χ0) is 13.8. The highest BCUT2D eigenvalue weighted by atomic mass is 127. The zero-order valence-electron chi connectivity index (χ0n) is 12.7. The molecule has 1 unspecified atom stereocenters. The molecule has 0 aromatic heterocycles. The van der Waals surface area contributed by atoms with Crippen LogP contribution in [0, 0.1) is 0 Å². The maximum absolute atomic E-state index is 2.41. The highest BCUT2D eigenvalue weighted by Crippen LogP contribution is 2.51. The van der Waals surface area contributed by atoms with E-state index in [1.54, 1.807) is 0 Å². The number of halogens is 1. The summed E-state index contributed by atoms with van der Waals surface area (Å²) < 4.78 is 0. The molecule has 0 saturated heterocycles. The fourth-order valence-electron chi connectivity index (χ4n) is 2.63. The minimum Gasteiger partial charge on any atom is -1.00 e. The van der Waals surface area contributed by atoms with Gasteiger partial charge in [0.15, 0.2) is 0 Å². The van der Waals surface area contributed by atoms with Gasteiger partial charge in [0, 0.05) is 0 Å². The van der Waals surface area contributed by atoms with Crippen molar-refractivity contribution in [1.29, 1.82) is 0 Å². The van der Waals surface area contributed by atoms with E-state index in [9.17, 15) is 0 Å². The predicted octanol–water partition coefficient (Wildman–Crippen LogP) is 0.672. The minimum absolute atomic E-state index is 0. The van der Waals surface area contributed by atoms with Crippen molar-refractivity contribution in [1.82, 2.24) is 0 Å². The normalized spacial score (nSPS) is 10.2. The lowest BCUT2D eigenvalue weighted by molar-refractivity contribution is -0.00000404. The molecular formula is C19H21IP2. The van der Waals surface area contributed by atoms with Crippen LogP contribution in [0.4, 0.5) is 0 Å². The molecule has 0 fully saturated rings. The van der Waals surface area contributed by atoms with Crippen molar-refractivity contribution in [2.45, 2.75) is 0 Å². The molecular weight excluding hydrogens is 417 g/mol. The van der Waals surface area contributed by atoms with Gasteiger partial charge in [-0.25, -0.2) is 0 Å². The van der Waals surface area contributed by atoms with Crippen molar-refractivity contribution >= 4 is 33.1 Å². The van der Waals surface area contributed by atoms with Gasteiger partial charge < -0.3 is 24.0 Å². The second-order valence-corrected chi connectivity index (χ2v) is 8.57. The van der Waals surface area contributed by atoms with Crippen LogP contribution in [0.3, 0.4) is 0 Å². The average molecular weight is 438 g/mol. The van der Waals surface area contributed by atoms with Crippen LogP contribution in [0.5, 0.6) is 0 Å². The van der Waals surface area contributed by atoms with E-state index in [1.165, 1.54) is 15.9 Å². The topological polar surface area (TPSA) is 0 Å². The van der Waals surface area contributed by atoms with E-state index in [1.807, 2.05) is 0 Å². The molecule has 0 bridgehead atoms. The van der Waals surface area contributed by atoms with Crippen molar-refractivity contribution in [3.8, 4) is 0 Å². The van der Waals surface area contributed by atoms with Crippen LogP contribution >= 0.6 is 17.2 Å². The molecule has 0 radical (unpaired) electrons. The Hall–Kier alpha value is -0.750. The third-order valence-electron chi connectivity index (χ3n) is 3.82. The third-order valence-corrected chi connectivity index (χ3v) is 7.81. The first kappa shape index (κ1) is 19.3. The van der Waals surface area contributed by atoms with Gasteiger partial charge in [0.2, 0.25) is 0 Å². The summed E-state index contributed by atoms with van der Waals surface area (Å²) in [5.41, 5.74) is 0. The summed E-state index contributed by atoms with van der Waals surface area (Å²) in [6.45, 7) is 2.41. The van der Waals surface area contributed by atoms with Crippen molar-refractivity contribution in [2.24, 2.45) is 0 Å². The molecule has 3 heteroatoms. The molecule has 0 aliphatic carbocycles. The molecule has 0 spiro atoms. The molecule has 0 N–H and O–H groups in total. The second-order valence-electron chi connectivity index (χ2n) is 5.01. The molecule has 0 aliphatic heterocycles. The maximum Gasteiger partial charge on any atom is 0.109 e. The van der Waals surface area contributed by atoms with Gasteiger partial charge in [-0.3, -0.25) is 0 Å². The summed E-state index contributed by atoms with van der Waals surface area (Å²) in [5, 5.41) is 4.28. The molecule has 0 saturated carbocycles. The maximum atomic E-state index is 2.41. The van der Waals surface area contributed by atoms with Crippen molar-refractivity contribution in [2.75, 3.05) is 6.66 Å². The molecule has 3 aromatic carbocycles. The molecule has 0 nitrogen and oxygen atoms in total. The quantitative estimate of drug-likeness (QED) is 0.417. The standard InChI is InChI=1S/C19H18P.HI.H3P/c1-20(17-11-5-2-6-12-17,18-13-7-3-8-14-18)19-15-9-4-10-16-19;;/h2-16H,1H3;1H;1H3/q+1;;/p-1. The summed E-state index contributed by atoms with van der Waals surface area (Å²) in [7, 11) is -1.53. The zero-order valence-corrected chi connectivity index (χ0v) is 17.2. The monoisotopic (exact) mass is 438 g/mol. The Balaban J connectivity index is 0.00000121. The van der Waals surface area contributed by atoms with Crippen molar-refractivity contribution < 1.29 is 24.0 Å². The lowest BCUT2D eigenvalue weighted by Crippen LogP contribution is -3.00. The van der Waals surface area contributed by atoms with Gasteiger partial charge in [-0.2, -0.15) is 9.90 Å². The lowest BCUT2D eigenvalue weighted by Gasteiger charge is -2.22. The highest BCUT2D eigenvalue weighted by Gasteiger charge is 2.39. The van der Waals surface area contributed by atoms with E-state index >= 15 is 0 Å². The molecule has 1 atom stereocenters. The third kappa shape index (κ3) is 3.77. The first-order chi connectivity index (χ1) is 9.82. The fourth-order valence-corrected chi connectivity index (χ4v) is 5.83. The van der Waals surface area contributed by atoms with Gasteiger partial charge in [-0.1, -0.05) is 54.6 Å². The van der Waals surface area contributed by atoms with Crippen molar-refractivity contribution in [3.05, 3.63) is 91.0 Å². The van der Waals surface area contributed by atoms with Crippen LogP contribution in [-0.4, -0.2) is 6.66 Å². The fraction of sp³-hybridized carbons (Fsp3) is 0.0526. The Kier molecular flexibility index (Phi) is 7.69. The van der Waals surface area contributed by atoms with E-state index in [0.717, 1.165) is 0 Å². The van der Waals surface area contributed by atoms with E-state index in [4.69, 9.17) is 0 Å². The largest absolute Gasteiger partial charge is 1.00 e. The molecule has 3 aromatic rings. The summed E-state index contributed by atoms with van der Waals surface area (Å²) in [4.78, 5) is 0. The summed E-state index contributed by atoms with van der Waals surface area (Å²) in [6.07, 6.45) is 0. The predicted molar refractivity (Wildman–Crippen MR) is 102 cm³/mol. The molecule has 3 rings (SSSR count). The average Bonchev–Trinajstić information content (AvgIpc) is 2.56. The van der Waals surface area contributed by atoms with Gasteiger partial charge >= 0.3 is 0 Å². The molecule has 0 aliphatic rings. The Morgan fingerprint density at radius 3 is 0.955 bits per heavy atom. The highest BCUT2D eigenvalue weighted by molar-refractivity contribution is 7.95. The Bertz CT molecular complexity index is 573.